The number of amides is 1. The van der Waals surface area contributed by atoms with E-state index in [1.165, 1.54) is 19.3 Å². The Labute approximate surface area is 132 Å². The Kier molecular flexibility index (Phi) is 4.57. The van der Waals surface area contributed by atoms with Gasteiger partial charge < -0.3 is 14.7 Å². The van der Waals surface area contributed by atoms with E-state index < -0.39 is 0 Å². The number of aromatic nitrogens is 2. The molecule has 3 rings (SSSR count). The van der Waals surface area contributed by atoms with E-state index in [0.29, 0.717) is 5.69 Å². The molecule has 6 nitrogen and oxygen atoms in total. The molecule has 1 aromatic heterocycles. The molecular formula is C16H25N5O. The maximum atomic E-state index is 12.7. The zero-order valence-corrected chi connectivity index (χ0v) is 13.6. The van der Waals surface area contributed by atoms with Crippen molar-refractivity contribution in [1.29, 1.82) is 0 Å². The van der Waals surface area contributed by atoms with E-state index in [1.807, 2.05) is 17.9 Å². The summed E-state index contributed by atoms with van der Waals surface area (Å²) in [5, 5.41) is 0. The Morgan fingerprint density at radius 3 is 2.36 bits per heavy atom. The van der Waals surface area contributed by atoms with E-state index in [1.54, 1.807) is 0 Å². The van der Waals surface area contributed by atoms with Gasteiger partial charge >= 0.3 is 0 Å². The summed E-state index contributed by atoms with van der Waals surface area (Å²) < 4.78 is 0. The van der Waals surface area contributed by atoms with Crippen LogP contribution in [0.1, 0.15) is 35.4 Å². The highest BCUT2D eigenvalue weighted by Gasteiger charge is 2.23. The molecule has 1 aromatic rings. The lowest BCUT2D eigenvalue weighted by atomic mass is 10.1. The van der Waals surface area contributed by atoms with Gasteiger partial charge in [-0.15, -0.1) is 0 Å². The minimum absolute atomic E-state index is 0.0388. The van der Waals surface area contributed by atoms with Gasteiger partial charge in [0.15, 0.2) is 0 Å². The average molecular weight is 303 g/mol. The lowest BCUT2D eigenvalue weighted by Gasteiger charge is -2.32. The van der Waals surface area contributed by atoms with E-state index in [4.69, 9.17) is 0 Å². The van der Waals surface area contributed by atoms with Crippen molar-refractivity contribution in [2.75, 3.05) is 51.2 Å². The summed E-state index contributed by atoms with van der Waals surface area (Å²) in [6.07, 6.45) is 3.63. The Bertz CT molecular complexity index is 533. The van der Waals surface area contributed by atoms with Crippen LogP contribution in [0.3, 0.4) is 0 Å². The van der Waals surface area contributed by atoms with Crippen LogP contribution in [0.25, 0.3) is 0 Å². The largest absolute Gasteiger partial charge is 0.341 e. The first-order valence-electron chi connectivity index (χ1n) is 8.22. The first-order valence-corrected chi connectivity index (χ1v) is 8.22. The van der Waals surface area contributed by atoms with Crippen LogP contribution in [0.2, 0.25) is 0 Å². The molecule has 0 bridgehead atoms. The summed E-state index contributed by atoms with van der Waals surface area (Å²) in [6.45, 7) is 7.32. The fraction of sp³-hybridized carbons (Fsp3) is 0.688. The van der Waals surface area contributed by atoms with E-state index >= 15 is 0 Å². The molecule has 2 aliphatic rings. The molecule has 2 fully saturated rings. The highest BCUT2D eigenvalue weighted by molar-refractivity contribution is 5.92. The SMILES string of the molecule is Cc1cc(C(=O)N2CCN(C)CC2)nc(N2CCCCC2)n1. The molecule has 1 amide bonds. The van der Waals surface area contributed by atoms with Gasteiger partial charge in [0.05, 0.1) is 0 Å². The van der Waals surface area contributed by atoms with Gasteiger partial charge in [0.25, 0.3) is 5.91 Å². The summed E-state index contributed by atoms with van der Waals surface area (Å²) in [7, 11) is 2.09. The summed E-state index contributed by atoms with van der Waals surface area (Å²) in [5.74, 6) is 0.758. The van der Waals surface area contributed by atoms with Crippen LogP contribution >= 0.6 is 0 Å². The highest BCUT2D eigenvalue weighted by Crippen LogP contribution is 2.17. The topological polar surface area (TPSA) is 52.6 Å². The lowest BCUT2D eigenvalue weighted by Crippen LogP contribution is -2.47. The summed E-state index contributed by atoms with van der Waals surface area (Å²) >= 11 is 0. The lowest BCUT2D eigenvalue weighted by molar-refractivity contribution is 0.0658. The van der Waals surface area contributed by atoms with Crippen molar-refractivity contribution in [3.05, 3.63) is 17.5 Å². The normalized spacial score (nSPS) is 20.3. The van der Waals surface area contributed by atoms with Crippen LogP contribution in [0.4, 0.5) is 5.95 Å². The Morgan fingerprint density at radius 1 is 1.00 bits per heavy atom. The number of carbonyl (C=O) groups is 1. The molecule has 3 heterocycles. The van der Waals surface area contributed by atoms with Crippen LogP contribution in [0, 0.1) is 6.92 Å². The second-order valence-electron chi connectivity index (χ2n) is 6.34. The van der Waals surface area contributed by atoms with Crippen LogP contribution in [0.5, 0.6) is 0 Å². The number of likely N-dealkylation sites (N-methyl/N-ethyl adjacent to an activating group) is 1. The van der Waals surface area contributed by atoms with Crippen molar-refractivity contribution >= 4 is 11.9 Å². The van der Waals surface area contributed by atoms with Gasteiger partial charge in [-0.1, -0.05) is 0 Å². The van der Waals surface area contributed by atoms with E-state index in [2.05, 4.69) is 26.8 Å². The minimum Gasteiger partial charge on any atom is -0.341 e. The fourth-order valence-electron chi connectivity index (χ4n) is 3.07. The van der Waals surface area contributed by atoms with Gasteiger partial charge in [-0.05, 0) is 39.3 Å². The monoisotopic (exact) mass is 303 g/mol. The minimum atomic E-state index is 0.0388. The molecule has 0 atom stereocenters. The van der Waals surface area contributed by atoms with Crippen LogP contribution in [-0.4, -0.2) is 72.0 Å². The zero-order chi connectivity index (χ0) is 15.5. The molecule has 0 aliphatic carbocycles. The van der Waals surface area contributed by atoms with Crippen molar-refractivity contribution in [1.82, 2.24) is 19.8 Å². The standard InChI is InChI=1S/C16H25N5O/c1-13-12-14(15(22)20-10-8-19(2)9-11-20)18-16(17-13)21-6-4-3-5-7-21/h12H,3-11H2,1-2H3. The van der Waals surface area contributed by atoms with E-state index in [0.717, 1.165) is 50.9 Å². The summed E-state index contributed by atoms with van der Waals surface area (Å²) in [6, 6.07) is 1.81. The number of anilines is 1. The third kappa shape index (κ3) is 3.38. The van der Waals surface area contributed by atoms with Gasteiger partial charge in [-0.25, -0.2) is 9.97 Å². The van der Waals surface area contributed by atoms with Crippen LogP contribution < -0.4 is 4.90 Å². The molecule has 0 radical (unpaired) electrons. The van der Waals surface area contributed by atoms with Gasteiger partial charge in [0.2, 0.25) is 5.95 Å². The number of nitrogens with zero attached hydrogens (tertiary/aromatic N) is 5. The molecule has 0 N–H and O–H groups in total. The maximum Gasteiger partial charge on any atom is 0.272 e. The Morgan fingerprint density at radius 2 is 1.68 bits per heavy atom. The molecule has 2 aliphatic heterocycles. The molecular weight excluding hydrogens is 278 g/mol. The fourth-order valence-corrected chi connectivity index (χ4v) is 3.07. The van der Waals surface area contributed by atoms with Gasteiger partial charge in [-0.3, -0.25) is 4.79 Å². The second kappa shape index (κ2) is 6.60. The average Bonchev–Trinajstić information content (AvgIpc) is 2.55. The molecule has 0 unspecified atom stereocenters. The molecule has 2 saturated heterocycles. The van der Waals surface area contributed by atoms with Crippen molar-refractivity contribution in [3.8, 4) is 0 Å². The quantitative estimate of drug-likeness (QED) is 0.821. The number of carbonyl (C=O) groups excluding carboxylic acids is 1. The smallest absolute Gasteiger partial charge is 0.272 e. The van der Waals surface area contributed by atoms with Crippen LogP contribution in [-0.2, 0) is 0 Å². The maximum absolute atomic E-state index is 12.7. The molecule has 0 saturated carbocycles. The Balaban J connectivity index is 1.78. The van der Waals surface area contributed by atoms with Gasteiger partial charge in [-0.2, -0.15) is 0 Å². The van der Waals surface area contributed by atoms with Gasteiger partial charge in [0, 0.05) is 45.0 Å². The number of piperazine rings is 1. The van der Waals surface area contributed by atoms with Crippen molar-refractivity contribution < 1.29 is 4.79 Å². The first-order chi connectivity index (χ1) is 10.6. The highest BCUT2D eigenvalue weighted by atomic mass is 16.2. The summed E-state index contributed by atoms with van der Waals surface area (Å²) in [4.78, 5) is 28.1. The molecule has 0 spiro atoms. The van der Waals surface area contributed by atoms with Crippen LogP contribution in [0.15, 0.2) is 6.07 Å². The predicted octanol–water partition coefficient (Wildman–Crippen LogP) is 1.16. The number of piperidine rings is 1. The number of hydrogen-bond acceptors (Lipinski definition) is 5. The van der Waals surface area contributed by atoms with E-state index in [9.17, 15) is 4.79 Å². The Hall–Kier alpha value is -1.69. The number of hydrogen-bond donors (Lipinski definition) is 0. The van der Waals surface area contributed by atoms with Crippen molar-refractivity contribution in [2.45, 2.75) is 26.2 Å². The number of aryl methyl sites for hydroxylation is 1. The molecule has 22 heavy (non-hydrogen) atoms. The molecule has 6 heteroatoms. The molecule has 0 aromatic carbocycles. The van der Waals surface area contributed by atoms with Gasteiger partial charge in [0.1, 0.15) is 5.69 Å². The molecule has 120 valence electrons. The third-order valence-corrected chi connectivity index (χ3v) is 4.49. The van der Waals surface area contributed by atoms with E-state index in [-0.39, 0.29) is 5.91 Å². The first kappa shape index (κ1) is 15.2. The summed E-state index contributed by atoms with van der Waals surface area (Å²) in [5.41, 5.74) is 1.41. The predicted molar refractivity (Wildman–Crippen MR) is 86.2 cm³/mol. The van der Waals surface area contributed by atoms with Crippen molar-refractivity contribution in [3.63, 3.8) is 0 Å². The second-order valence-corrected chi connectivity index (χ2v) is 6.34. The van der Waals surface area contributed by atoms with Crippen molar-refractivity contribution in [2.24, 2.45) is 0 Å². The third-order valence-electron chi connectivity index (χ3n) is 4.49. The number of rotatable bonds is 2. The zero-order valence-electron chi connectivity index (χ0n) is 13.6.